The second-order valence-electron chi connectivity index (χ2n) is 10.4. The smallest absolute Gasteiger partial charge is 0.275 e. The fraction of sp³-hybridized carbons (Fsp3) is 0.429. The summed E-state index contributed by atoms with van der Waals surface area (Å²) in [4.78, 5) is 18.1. The van der Waals surface area contributed by atoms with Crippen LogP contribution in [-0.2, 0) is 31.6 Å². The number of nitrogens with zero attached hydrogens (tertiary/aromatic N) is 4. The second kappa shape index (κ2) is 9.44. The Hall–Kier alpha value is -3.25. The van der Waals surface area contributed by atoms with Crippen LogP contribution in [-0.4, -0.2) is 92.6 Å². The molecule has 0 bridgehead atoms. The second-order valence-corrected chi connectivity index (χ2v) is 12.4. The van der Waals surface area contributed by atoms with Crippen molar-refractivity contribution < 1.29 is 27.4 Å². The highest BCUT2D eigenvalue weighted by Gasteiger charge is 2.49. The van der Waals surface area contributed by atoms with Gasteiger partial charge in [0.1, 0.15) is 10.6 Å². The largest absolute Gasteiger partial charge is 0.495 e. The highest BCUT2D eigenvalue weighted by Crippen LogP contribution is 2.45. The van der Waals surface area contributed by atoms with Crippen molar-refractivity contribution in [2.75, 3.05) is 46.6 Å². The highest BCUT2D eigenvalue weighted by atomic mass is 32.2. The molecule has 1 aromatic heterocycles. The van der Waals surface area contributed by atoms with Gasteiger partial charge in [-0.2, -0.15) is 5.10 Å². The molecule has 2 aromatic carbocycles. The van der Waals surface area contributed by atoms with Gasteiger partial charge < -0.3 is 19.1 Å². The average Bonchev–Trinajstić information content (AvgIpc) is 3.66. The topological polar surface area (TPSA) is 103 Å². The standard InChI is InChI=1S/C28H30N4O6S/c1-36-23-4-2-3-20-26-21(17-39(34,35)27(20)23)25(28(33)31-11-14-38-24-15-22(24)31)29-32(26)19-7-5-18(6-8-19)16-30-9-12-37-13-10-30/h2-8,22,24H,9-17H2,1H3/t22-,24+/m0/s1. The van der Waals surface area contributed by atoms with E-state index < -0.39 is 9.84 Å². The molecule has 204 valence electrons. The Morgan fingerprint density at radius 1 is 1.08 bits per heavy atom. The number of amides is 1. The number of ether oxygens (including phenoxy) is 3. The Labute approximate surface area is 227 Å². The van der Waals surface area contributed by atoms with Crippen LogP contribution in [0.3, 0.4) is 0 Å². The number of methoxy groups -OCH3 is 1. The molecule has 3 aliphatic heterocycles. The number of hydrogen-bond acceptors (Lipinski definition) is 8. The third-order valence-corrected chi connectivity index (χ3v) is 9.71. The SMILES string of the molecule is COc1cccc2c1S(=O)(=O)Cc1c(C(=O)N3CCO[C@@H]4C[C@@H]43)nn(-c3ccc(CN4CCOCC4)cc3)c1-2. The van der Waals surface area contributed by atoms with Crippen LogP contribution in [0.1, 0.15) is 28.0 Å². The first-order chi connectivity index (χ1) is 18.9. The molecule has 0 N–H and O–H groups in total. The van der Waals surface area contributed by atoms with Gasteiger partial charge in [-0.1, -0.05) is 24.3 Å². The first kappa shape index (κ1) is 24.8. The lowest BCUT2D eigenvalue weighted by molar-refractivity contribution is 0.0258. The normalized spacial score (nSPS) is 23.5. The zero-order chi connectivity index (χ0) is 26.7. The van der Waals surface area contributed by atoms with Crippen LogP contribution in [0.4, 0.5) is 0 Å². The van der Waals surface area contributed by atoms with Gasteiger partial charge >= 0.3 is 0 Å². The number of benzene rings is 2. The maximum Gasteiger partial charge on any atom is 0.275 e. The van der Waals surface area contributed by atoms with Gasteiger partial charge in [0, 0.05) is 37.3 Å². The zero-order valence-electron chi connectivity index (χ0n) is 21.7. The number of carbonyl (C=O) groups is 1. The summed E-state index contributed by atoms with van der Waals surface area (Å²) in [6, 6.07) is 13.3. The van der Waals surface area contributed by atoms with E-state index in [1.54, 1.807) is 27.8 Å². The summed E-state index contributed by atoms with van der Waals surface area (Å²) in [5.74, 6) is -0.274. The van der Waals surface area contributed by atoms with E-state index in [2.05, 4.69) is 17.0 Å². The molecule has 2 saturated heterocycles. The van der Waals surface area contributed by atoms with Gasteiger partial charge in [0.05, 0.1) is 56.2 Å². The molecule has 4 heterocycles. The van der Waals surface area contributed by atoms with Gasteiger partial charge in [-0.3, -0.25) is 9.69 Å². The number of rotatable bonds is 5. The Bertz CT molecular complexity index is 1540. The molecule has 7 rings (SSSR count). The lowest BCUT2D eigenvalue weighted by Crippen LogP contribution is -2.41. The van der Waals surface area contributed by atoms with Crippen molar-refractivity contribution in [2.24, 2.45) is 0 Å². The minimum atomic E-state index is -3.77. The molecule has 39 heavy (non-hydrogen) atoms. The molecule has 0 spiro atoms. The summed E-state index contributed by atoms with van der Waals surface area (Å²) in [7, 11) is -2.31. The Morgan fingerprint density at radius 3 is 2.64 bits per heavy atom. The van der Waals surface area contributed by atoms with E-state index in [1.165, 1.54) is 7.11 Å². The summed E-state index contributed by atoms with van der Waals surface area (Å²) in [6.07, 6.45) is 0.866. The highest BCUT2D eigenvalue weighted by molar-refractivity contribution is 7.91. The van der Waals surface area contributed by atoms with Crippen molar-refractivity contribution in [1.29, 1.82) is 0 Å². The van der Waals surface area contributed by atoms with E-state index in [4.69, 9.17) is 19.3 Å². The maximum absolute atomic E-state index is 13.8. The summed E-state index contributed by atoms with van der Waals surface area (Å²) in [5, 5.41) is 4.81. The fourth-order valence-corrected chi connectivity index (χ4v) is 7.71. The van der Waals surface area contributed by atoms with Gasteiger partial charge in [-0.25, -0.2) is 13.1 Å². The molecule has 3 fully saturated rings. The average molecular weight is 551 g/mol. The molecule has 0 unspecified atom stereocenters. The van der Waals surface area contributed by atoms with Crippen molar-refractivity contribution >= 4 is 15.7 Å². The van der Waals surface area contributed by atoms with E-state index >= 15 is 0 Å². The van der Waals surface area contributed by atoms with Gasteiger partial charge in [0.15, 0.2) is 15.5 Å². The third-order valence-electron chi connectivity index (χ3n) is 8.00. The van der Waals surface area contributed by atoms with E-state index in [-0.39, 0.29) is 40.1 Å². The van der Waals surface area contributed by atoms with E-state index in [0.29, 0.717) is 30.0 Å². The lowest BCUT2D eigenvalue weighted by atomic mass is 10.0. The lowest BCUT2D eigenvalue weighted by Gasteiger charge is -2.26. The van der Waals surface area contributed by atoms with Crippen molar-refractivity contribution in [2.45, 2.75) is 35.8 Å². The van der Waals surface area contributed by atoms with Crippen molar-refractivity contribution in [3.63, 3.8) is 0 Å². The van der Waals surface area contributed by atoms with Gasteiger partial charge in [-0.05, 0) is 30.2 Å². The van der Waals surface area contributed by atoms with Crippen molar-refractivity contribution in [3.05, 3.63) is 59.3 Å². The van der Waals surface area contributed by atoms with Crippen LogP contribution in [0.15, 0.2) is 47.4 Å². The predicted molar refractivity (Wildman–Crippen MR) is 142 cm³/mol. The molecular formula is C28H30N4O6S. The van der Waals surface area contributed by atoms with Crippen LogP contribution in [0, 0.1) is 0 Å². The Kier molecular flexibility index (Phi) is 6.00. The molecule has 4 aliphatic rings. The summed E-state index contributed by atoms with van der Waals surface area (Å²) >= 11 is 0. The van der Waals surface area contributed by atoms with E-state index in [9.17, 15) is 13.2 Å². The van der Waals surface area contributed by atoms with Crippen LogP contribution in [0.2, 0.25) is 0 Å². The summed E-state index contributed by atoms with van der Waals surface area (Å²) < 4.78 is 45.4. The number of hydrogen-bond donors (Lipinski definition) is 0. The molecule has 10 nitrogen and oxygen atoms in total. The number of sulfone groups is 1. The van der Waals surface area contributed by atoms with Crippen LogP contribution in [0.25, 0.3) is 16.9 Å². The molecule has 0 radical (unpaired) electrons. The zero-order valence-corrected chi connectivity index (χ0v) is 22.5. The Morgan fingerprint density at radius 2 is 1.87 bits per heavy atom. The molecule has 11 heteroatoms. The number of carbonyl (C=O) groups excluding carboxylic acids is 1. The molecule has 1 saturated carbocycles. The number of fused-ring (bicyclic) bond motifs is 4. The van der Waals surface area contributed by atoms with Crippen molar-refractivity contribution in [1.82, 2.24) is 19.6 Å². The quantitative estimate of drug-likeness (QED) is 0.477. The minimum Gasteiger partial charge on any atom is -0.495 e. The number of morpholine rings is 2. The first-order valence-electron chi connectivity index (χ1n) is 13.3. The summed E-state index contributed by atoms with van der Waals surface area (Å²) in [5.41, 5.74) is 3.65. The minimum absolute atomic E-state index is 0.0269. The monoisotopic (exact) mass is 550 g/mol. The first-order valence-corrected chi connectivity index (χ1v) is 14.9. The van der Waals surface area contributed by atoms with Crippen molar-refractivity contribution in [3.8, 4) is 22.7 Å². The van der Waals surface area contributed by atoms with Gasteiger partial charge in [0.2, 0.25) is 0 Å². The molecular weight excluding hydrogens is 520 g/mol. The van der Waals surface area contributed by atoms with Crippen LogP contribution >= 0.6 is 0 Å². The molecule has 1 amide bonds. The van der Waals surface area contributed by atoms with Gasteiger partial charge in [-0.15, -0.1) is 0 Å². The van der Waals surface area contributed by atoms with E-state index in [1.807, 2.05) is 12.1 Å². The van der Waals surface area contributed by atoms with Gasteiger partial charge in [0.25, 0.3) is 5.91 Å². The Balaban J connectivity index is 1.33. The van der Waals surface area contributed by atoms with Crippen LogP contribution in [0.5, 0.6) is 5.75 Å². The molecule has 3 aromatic rings. The van der Waals surface area contributed by atoms with Crippen LogP contribution < -0.4 is 4.74 Å². The maximum atomic E-state index is 13.8. The fourth-order valence-electron chi connectivity index (χ4n) is 5.95. The number of aromatic nitrogens is 2. The molecule has 1 aliphatic carbocycles. The third kappa shape index (κ3) is 4.24. The summed E-state index contributed by atoms with van der Waals surface area (Å²) in [6.45, 7) is 5.04. The van der Waals surface area contributed by atoms with E-state index in [0.717, 1.165) is 50.5 Å². The molecule has 2 atom stereocenters. The predicted octanol–water partition coefficient (Wildman–Crippen LogP) is 2.28.